The molecule has 1 aliphatic carbocycles. The molecule has 3 rings (SSSR count). The van der Waals surface area contributed by atoms with Gasteiger partial charge in [0, 0.05) is 16.3 Å². The van der Waals surface area contributed by atoms with Crippen molar-refractivity contribution in [3.63, 3.8) is 0 Å². The zero-order chi connectivity index (χ0) is 13.2. The van der Waals surface area contributed by atoms with Crippen molar-refractivity contribution in [3.8, 4) is 0 Å². The number of amides is 1. The van der Waals surface area contributed by atoms with Gasteiger partial charge in [0.25, 0.3) is 5.91 Å². The predicted octanol–water partition coefficient (Wildman–Crippen LogP) is 2.78. The molecule has 5 heteroatoms. The van der Waals surface area contributed by atoms with Crippen LogP contribution in [0.25, 0.3) is 0 Å². The van der Waals surface area contributed by atoms with Gasteiger partial charge in [0.2, 0.25) is 0 Å². The van der Waals surface area contributed by atoms with E-state index in [-0.39, 0.29) is 18.3 Å². The third kappa shape index (κ3) is 3.35. The first-order valence-corrected chi connectivity index (χ1v) is 8.23. The van der Waals surface area contributed by atoms with Gasteiger partial charge in [-0.15, -0.1) is 23.7 Å². The van der Waals surface area contributed by atoms with Crippen molar-refractivity contribution >= 4 is 29.7 Å². The van der Waals surface area contributed by atoms with Crippen LogP contribution in [0.4, 0.5) is 0 Å². The molecule has 1 amide bonds. The average molecular weight is 315 g/mol. The highest BCUT2D eigenvalue weighted by Gasteiger charge is 2.24. The van der Waals surface area contributed by atoms with E-state index in [9.17, 15) is 4.79 Å². The Balaban J connectivity index is 0.00000147. The molecule has 1 saturated heterocycles. The molecule has 20 heavy (non-hydrogen) atoms. The number of carbonyl (C=O) groups excluding carboxylic acids is 1. The zero-order valence-corrected chi connectivity index (χ0v) is 13.5. The summed E-state index contributed by atoms with van der Waals surface area (Å²) in [7, 11) is 0. The maximum Gasteiger partial charge on any atom is 0.252 e. The number of piperidine rings is 1. The van der Waals surface area contributed by atoms with Crippen molar-refractivity contribution in [1.29, 1.82) is 0 Å². The average Bonchev–Trinajstić information content (AvgIpc) is 2.82. The molecule has 0 radical (unpaired) electrons. The number of hydrogen-bond donors (Lipinski definition) is 2. The lowest BCUT2D eigenvalue weighted by atomic mass is 9.88. The Morgan fingerprint density at radius 1 is 1.35 bits per heavy atom. The van der Waals surface area contributed by atoms with Gasteiger partial charge in [-0.05, 0) is 56.7 Å². The number of thiophene rings is 1. The van der Waals surface area contributed by atoms with Crippen LogP contribution in [0.5, 0.6) is 0 Å². The summed E-state index contributed by atoms with van der Waals surface area (Å²) in [5, 5.41) is 8.61. The standard InChI is InChI=1S/C15H22N2OS.ClH/c1-10-2-3-12-13(9-19-14(12)8-10)15(18)17-11-4-6-16-7-5-11;/h9-11,16H,2-8H2,1H3,(H,17,18);1H. The number of fused-ring (bicyclic) bond motifs is 1. The lowest BCUT2D eigenvalue weighted by Gasteiger charge is -2.24. The molecule has 0 bridgehead atoms. The summed E-state index contributed by atoms with van der Waals surface area (Å²) in [6, 6.07) is 0.354. The van der Waals surface area contributed by atoms with Gasteiger partial charge in [0.1, 0.15) is 0 Å². The molecule has 2 heterocycles. The van der Waals surface area contributed by atoms with E-state index >= 15 is 0 Å². The molecule has 0 spiro atoms. The largest absolute Gasteiger partial charge is 0.349 e. The van der Waals surface area contributed by atoms with Gasteiger partial charge < -0.3 is 10.6 Å². The Morgan fingerprint density at radius 2 is 2.10 bits per heavy atom. The molecule has 1 fully saturated rings. The predicted molar refractivity (Wildman–Crippen MR) is 86.1 cm³/mol. The van der Waals surface area contributed by atoms with Crippen molar-refractivity contribution in [2.45, 2.75) is 45.1 Å². The van der Waals surface area contributed by atoms with E-state index in [1.807, 2.05) is 0 Å². The highest BCUT2D eigenvalue weighted by atomic mass is 35.5. The van der Waals surface area contributed by atoms with Gasteiger partial charge >= 0.3 is 0 Å². The van der Waals surface area contributed by atoms with Crippen LogP contribution in [0.15, 0.2) is 5.38 Å². The van der Waals surface area contributed by atoms with E-state index in [4.69, 9.17) is 0 Å². The fraction of sp³-hybridized carbons (Fsp3) is 0.667. The van der Waals surface area contributed by atoms with Gasteiger partial charge in [-0.2, -0.15) is 0 Å². The third-order valence-electron chi connectivity index (χ3n) is 4.32. The molecule has 0 saturated carbocycles. The molecule has 1 aromatic rings. The van der Waals surface area contributed by atoms with Crippen LogP contribution < -0.4 is 10.6 Å². The van der Waals surface area contributed by atoms with Gasteiger partial charge in [-0.3, -0.25) is 4.79 Å². The molecule has 1 aromatic heterocycles. The highest BCUT2D eigenvalue weighted by Crippen LogP contribution is 2.32. The quantitative estimate of drug-likeness (QED) is 0.881. The number of halogens is 1. The van der Waals surface area contributed by atoms with Crippen LogP contribution in [-0.4, -0.2) is 25.0 Å². The van der Waals surface area contributed by atoms with Crippen molar-refractivity contribution in [2.75, 3.05) is 13.1 Å². The molecule has 1 atom stereocenters. The summed E-state index contributed by atoms with van der Waals surface area (Å²) in [5.74, 6) is 0.922. The second-order valence-corrected chi connectivity index (χ2v) is 6.86. The van der Waals surface area contributed by atoms with Crippen molar-refractivity contribution in [2.24, 2.45) is 5.92 Å². The maximum absolute atomic E-state index is 12.4. The monoisotopic (exact) mass is 314 g/mol. The normalized spacial score (nSPS) is 22.8. The third-order valence-corrected chi connectivity index (χ3v) is 5.37. The minimum atomic E-state index is 0. The van der Waals surface area contributed by atoms with Crippen LogP contribution >= 0.6 is 23.7 Å². The lowest BCUT2D eigenvalue weighted by Crippen LogP contribution is -2.42. The number of rotatable bonds is 2. The zero-order valence-electron chi connectivity index (χ0n) is 11.9. The van der Waals surface area contributed by atoms with Crippen molar-refractivity contribution in [1.82, 2.24) is 10.6 Å². The Labute approximate surface area is 130 Å². The summed E-state index contributed by atoms with van der Waals surface area (Å²) in [5.41, 5.74) is 2.28. The summed E-state index contributed by atoms with van der Waals surface area (Å²) < 4.78 is 0. The number of carbonyl (C=O) groups is 1. The second-order valence-electron chi connectivity index (χ2n) is 5.90. The van der Waals surface area contributed by atoms with Crippen molar-refractivity contribution < 1.29 is 4.79 Å². The molecule has 1 unspecified atom stereocenters. The highest BCUT2D eigenvalue weighted by molar-refractivity contribution is 7.10. The fourth-order valence-electron chi connectivity index (χ4n) is 3.10. The van der Waals surface area contributed by atoms with E-state index in [1.54, 1.807) is 11.3 Å². The molecule has 3 nitrogen and oxygen atoms in total. The van der Waals surface area contributed by atoms with Gasteiger partial charge in [0.05, 0.1) is 5.56 Å². The molecular formula is C15H23ClN2OS. The van der Waals surface area contributed by atoms with Crippen LogP contribution in [0, 0.1) is 5.92 Å². The van der Waals surface area contributed by atoms with Crippen LogP contribution in [0.2, 0.25) is 0 Å². The van der Waals surface area contributed by atoms with E-state index < -0.39 is 0 Å². The van der Waals surface area contributed by atoms with Crippen LogP contribution in [0.1, 0.15) is 47.0 Å². The molecule has 0 aromatic carbocycles. The Kier molecular flexibility index (Phi) is 5.47. The summed E-state index contributed by atoms with van der Waals surface area (Å²) in [4.78, 5) is 13.8. The molecule has 1 aliphatic heterocycles. The smallest absolute Gasteiger partial charge is 0.252 e. The maximum atomic E-state index is 12.4. The SMILES string of the molecule is CC1CCc2c(C(=O)NC3CCNCC3)csc2C1.Cl. The van der Waals surface area contributed by atoms with Gasteiger partial charge in [0.15, 0.2) is 0 Å². The van der Waals surface area contributed by atoms with E-state index in [1.165, 1.54) is 16.9 Å². The van der Waals surface area contributed by atoms with Gasteiger partial charge in [-0.1, -0.05) is 6.92 Å². The number of nitrogens with one attached hydrogen (secondary N) is 2. The van der Waals surface area contributed by atoms with E-state index in [2.05, 4.69) is 22.9 Å². The van der Waals surface area contributed by atoms with E-state index in [0.717, 1.165) is 50.3 Å². The fourth-order valence-corrected chi connectivity index (χ4v) is 4.34. The minimum Gasteiger partial charge on any atom is -0.349 e. The first-order chi connectivity index (χ1) is 9.24. The minimum absolute atomic E-state index is 0. The molecule has 2 aliphatic rings. The topological polar surface area (TPSA) is 41.1 Å². The Morgan fingerprint density at radius 3 is 2.85 bits per heavy atom. The lowest BCUT2D eigenvalue weighted by molar-refractivity contribution is 0.0928. The summed E-state index contributed by atoms with van der Waals surface area (Å²) >= 11 is 1.77. The van der Waals surface area contributed by atoms with E-state index in [0.29, 0.717) is 6.04 Å². The molecule has 2 N–H and O–H groups in total. The summed E-state index contributed by atoms with van der Waals surface area (Å²) in [6.07, 6.45) is 5.55. The molecule has 112 valence electrons. The summed E-state index contributed by atoms with van der Waals surface area (Å²) in [6.45, 7) is 4.34. The second kappa shape index (κ2) is 6.92. The molecular weight excluding hydrogens is 292 g/mol. The Bertz CT molecular complexity index is 468. The van der Waals surface area contributed by atoms with Crippen LogP contribution in [-0.2, 0) is 12.8 Å². The first kappa shape index (κ1) is 15.8. The Hall–Kier alpha value is -0.580. The van der Waals surface area contributed by atoms with Crippen molar-refractivity contribution in [3.05, 3.63) is 21.4 Å². The number of hydrogen-bond acceptors (Lipinski definition) is 3. The van der Waals surface area contributed by atoms with Crippen LogP contribution in [0.3, 0.4) is 0 Å². The van der Waals surface area contributed by atoms with Gasteiger partial charge in [-0.25, -0.2) is 0 Å². The first-order valence-electron chi connectivity index (χ1n) is 7.35.